The molecule has 0 saturated carbocycles. The van der Waals surface area contributed by atoms with Gasteiger partial charge in [0.05, 0.1) is 25.2 Å². The number of benzene rings is 3. The van der Waals surface area contributed by atoms with Crippen molar-refractivity contribution in [2.24, 2.45) is 0 Å². The van der Waals surface area contributed by atoms with Gasteiger partial charge in [-0.05, 0) is 66.6 Å². The Morgan fingerprint density at radius 1 is 0.854 bits per heavy atom. The summed E-state index contributed by atoms with van der Waals surface area (Å²) in [7, 11) is -2.18. The van der Waals surface area contributed by atoms with Crippen molar-refractivity contribution in [2.45, 2.75) is 108 Å². The summed E-state index contributed by atoms with van der Waals surface area (Å²) in [5, 5.41) is 0.808. The van der Waals surface area contributed by atoms with Gasteiger partial charge in [0.1, 0.15) is 17.8 Å². The Kier molecular flexibility index (Phi) is 11.9. The van der Waals surface area contributed by atoms with Gasteiger partial charge in [-0.15, -0.1) is 0 Å². The highest BCUT2D eigenvalue weighted by atomic mass is 35.5. The summed E-state index contributed by atoms with van der Waals surface area (Å²) in [6.45, 7) is 13.3. The van der Waals surface area contributed by atoms with E-state index in [9.17, 15) is 4.79 Å². The average Bonchev–Trinajstić information content (AvgIpc) is 3.45. The van der Waals surface area contributed by atoms with Crippen LogP contribution in [-0.2, 0) is 29.0 Å². The van der Waals surface area contributed by atoms with Crippen LogP contribution >= 0.6 is 11.6 Å². The Morgan fingerprint density at radius 3 is 1.92 bits per heavy atom. The van der Waals surface area contributed by atoms with Crippen LogP contribution in [0.15, 0.2) is 114 Å². The second-order valence-electron chi connectivity index (χ2n) is 14.6. The first-order valence-corrected chi connectivity index (χ1v) is 20.5. The predicted molar refractivity (Wildman–Crippen MR) is 197 cm³/mol. The maximum absolute atomic E-state index is 13.8. The molecule has 1 fully saturated rings. The Labute approximate surface area is 293 Å². The van der Waals surface area contributed by atoms with Crippen molar-refractivity contribution in [3.05, 3.63) is 130 Å². The molecule has 5 nitrogen and oxygen atoms in total. The van der Waals surface area contributed by atoms with E-state index < -0.39 is 26.1 Å². The highest BCUT2D eigenvalue weighted by Gasteiger charge is 2.44. The molecule has 4 atom stereocenters. The lowest BCUT2D eigenvalue weighted by atomic mass is 9.80. The number of carbonyl (C=O) groups excluding carboxylic acids is 1. The minimum Gasteiger partial charge on any atom is -0.459 e. The molecule has 3 aromatic rings. The van der Waals surface area contributed by atoms with Crippen molar-refractivity contribution in [3.8, 4) is 0 Å². The first kappa shape index (κ1) is 36.3. The molecule has 48 heavy (non-hydrogen) atoms. The molecule has 2 heterocycles. The van der Waals surface area contributed by atoms with Crippen LogP contribution in [0.5, 0.6) is 0 Å². The number of ether oxygens (including phenoxy) is 3. The molecule has 2 aliphatic rings. The molecule has 0 unspecified atom stereocenters. The summed E-state index contributed by atoms with van der Waals surface area (Å²) < 4.78 is 26.9. The maximum Gasteiger partial charge on any atom is 0.309 e. The molecule has 2 aliphatic heterocycles. The number of hydrogen-bond acceptors (Lipinski definition) is 5. The minimum absolute atomic E-state index is 0.00279. The molecular weight excluding hydrogens is 636 g/mol. The van der Waals surface area contributed by atoms with Crippen molar-refractivity contribution >= 4 is 25.9 Å². The van der Waals surface area contributed by atoms with E-state index in [2.05, 4.69) is 82.4 Å². The van der Waals surface area contributed by atoms with Gasteiger partial charge < -0.3 is 18.6 Å². The molecule has 0 amide bonds. The Morgan fingerprint density at radius 2 is 1.40 bits per heavy atom. The van der Waals surface area contributed by atoms with Crippen molar-refractivity contribution < 1.29 is 23.4 Å². The topological polar surface area (TPSA) is 54.0 Å². The van der Waals surface area contributed by atoms with Crippen LogP contribution in [0.25, 0.3) is 0 Å². The van der Waals surface area contributed by atoms with Crippen molar-refractivity contribution in [3.63, 3.8) is 0 Å². The predicted octanol–water partition coefficient (Wildman–Crippen LogP) is 10.1. The molecular formula is C41H51ClO5Si. The minimum atomic E-state index is -2.18. The average molecular weight is 687 g/mol. The Balaban J connectivity index is 1.46. The highest BCUT2D eigenvalue weighted by Crippen LogP contribution is 2.42. The normalized spacial score (nSPS) is 25.3. The third-order valence-corrected chi connectivity index (χ3v) is 15.0. The van der Waals surface area contributed by atoms with E-state index in [-0.39, 0.29) is 36.2 Å². The van der Waals surface area contributed by atoms with Crippen LogP contribution in [0.1, 0.15) is 76.5 Å². The van der Waals surface area contributed by atoms with E-state index in [1.807, 2.05) is 61.5 Å². The molecule has 0 radical (unpaired) electrons. The Hall–Kier alpha value is -3.00. The van der Waals surface area contributed by atoms with Crippen molar-refractivity contribution in [2.75, 3.05) is 6.61 Å². The standard InChI is InChI=1S/C41H51ClO5Si/c1-30-17-16-24-34(42)25-26-35-27-37(46-39(43)28-36(30)47-48(5,6)40(2,3)4)38(45-35)29-44-41(31-18-10-7-11-19-31,32-20-12-8-13-21-32)33-22-14-9-15-23-33/h7-15,17-24,35-38H,16,25-29H2,1-6H3/b30-17-,34-24+/t35-,36-,37-,38-/m0/s1. The summed E-state index contributed by atoms with van der Waals surface area (Å²) >= 11 is 6.70. The molecule has 3 aromatic carbocycles. The van der Waals surface area contributed by atoms with E-state index in [1.165, 1.54) is 0 Å². The quantitative estimate of drug-likeness (QED) is 0.102. The SMILES string of the molecule is C/C1=C/C/C=C(/Cl)CC[C@H]2C[C@H](OC(=O)C[C@@H]1O[Si](C)(C)C(C)(C)C)[C@H](COC(c1ccccc1)(c1ccccc1)c1ccccc1)O2. The number of carbonyl (C=O) groups is 1. The van der Waals surface area contributed by atoms with Crippen molar-refractivity contribution in [1.82, 2.24) is 0 Å². The van der Waals surface area contributed by atoms with Crippen LogP contribution in [-0.4, -0.2) is 45.3 Å². The zero-order valence-corrected chi connectivity index (χ0v) is 31.0. The van der Waals surface area contributed by atoms with Crippen molar-refractivity contribution in [1.29, 1.82) is 0 Å². The van der Waals surface area contributed by atoms with Gasteiger partial charge in [-0.1, -0.05) is 136 Å². The number of allylic oxidation sites excluding steroid dienone is 3. The zero-order chi connectivity index (χ0) is 34.4. The second-order valence-corrected chi connectivity index (χ2v) is 19.8. The van der Waals surface area contributed by atoms with E-state index >= 15 is 0 Å². The zero-order valence-electron chi connectivity index (χ0n) is 29.3. The fraction of sp³-hybridized carbons (Fsp3) is 0.439. The molecule has 0 aromatic heterocycles. The van der Waals surface area contributed by atoms with Gasteiger partial charge in [0.15, 0.2) is 8.32 Å². The lowest BCUT2D eigenvalue weighted by molar-refractivity contribution is -0.156. The smallest absolute Gasteiger partial charge is 0.309 e. The van der Waals surface area contributed by atoms with Gasteiger partial charge in [0.2, 0.25) is 0 Å². The number of esters is 1. The number of fused-ring (bicyclic) bond motifs is 2. The molecule has 2 bridgehead atoms. The Bertz CT molecular complexity index is 1450. The summed E-state index contributed by atoms with van der Waals surface area (Å²) in [5.41, 5.74) is 3.14. The monoisotopic (exact) mass is 686 g/mol. The summed E-state index contributed by atoms with van der Waals surface area (Å²) in [4.78, 5) is 13.8. The first-order valence-electron chi connectivity index (χ1n) is 17.2. The van der Waals surface area contributed by atoms with Gasteiger partial charge in [0, 0.05) is 11.5 Å². The van der Waals surface area contributed by atoms with E-state index in [0.717, 1.165) is 33.7 Å². The molecule has 256 valence electrons. The van der Waals surface area contributed by atoms with E-state index in [0.29, 0.717) is 19.3 Å². The lowest BCUT2D eigenvalue weighted by Gasteiger charge is -2.39. The third kappa shape index (κ3) is 8.58. The maximum atomic E-state index is 13.8. The molecule has 5 rings (SSSR count). The summed E-state index contributed by atoms with van der Waals surface area (Å²) in [6, 6.07) is 30.9. The van der Waals surface area contributed by atoms with E-state index in [1.54, 1.807) is 0 Å². The fourth-order valence-corrected chi connectivity index (χ4v) is 7.87. The highest BCUT2D eigenvalue weighted by molar-refractivity contribution is 6.74. The second kappa shape index (κ2) is 15.7. The van der Waals surface area contributed by atoms with Gasteiger partial charge in [-0.25, -0.2) is 0 Å². The van der Waals surface area contributed by atoms with Gasteiger partial charge >= 0.3 is 5.97 Å². The van der Waals surface area contributed by atoms with Crippen LogP contribution in [0, 0.1) is 0 Å². The van der Waals surface area contributed by atoms with Crippen LogP contribution in [0.3, 0.4) is 0 Å². The van der Waals surface area contributed by atoms with Gasteiger partial charge in [-0.3, -0.25) is 4.79 Å². The number of rotatable bonds is 8. The summed E-state index contributed by atoms with van der Waals surface area (Å²) in [5.74, 6) is -0.281. The first-order chi connectivity index (χ1) is 22.9. The molecule has 0 spiro atoms. The number of hydrogen-bond donors (Lipinski definition) is 0. The molecule has 7 heteroatoms. The molecule has 0 N–H and O–H groups in total. The largest absolute Gasteiger partial charge is 0.459 e. The van der Waals surface area contributed by atoms with Crippen LogP contribution in [0.2, 0.25) is 18.1 Å². The summed E-state index contributed by atoms with van der Waals surface area (Å²) in [6.07, 6.45) is 5.61. The third-order valence-electron chi connectivity index (χ3n) is 10.2. The lowest BCUT2D eigenvalue weighted by Crippen LogP contribution is -2.45. The number of halogens is 1. The van der Waals surface area contributed by atoms with Crippen LogP contribution in [0.4, 0.5) is 0 Å². The molecule has 1 saturated heterocycles. The van der Waals surface area contributed by atoms with Gasteiger partial charge in [0.25, 0.3) is 0 Å². The van der Waals surface area contributed by atoms with Gasteiger partial charge in [-0.2, -0.15) is 0 Å². The van der Waals surface area contributed by atoms with E-state index in [4.69, 9.17) is 30.2 Å². The fourth-order valence-electron chi connectivity index (χ4n) is 6.33. The van der Waals surface area contributed by atoms with Crippen LogP contribution < -0.4 is 0 Å². The molecule has 0 aliphatic carbocycles.